The van der Waals surface area contributed by atoms with Crippen LogP contribution in [0.1, 0.15) is 36.0 Å². The third kappa shape index (κ3) is 3.15. The van der Waals surface area contributed by atoms with Gasteiger partial charge in [-0.3, -0.25) is 4.79 Å². The van der Waals surface area contributed by atoms with Crippen LogP contribution in [-0.2, 0) is 0 Å². The van der Waals surface area contributed by atoms with E-state index < -0.39 is 11.9 Å². The molecule has 1 aliphatic carbocycles. The molecule has 1 aromatic rings. The summed E-state index contributed by atoms with van der Waals surface area (Å²) in [7, 11) is 1.63. The van der Waals surface area contributed by atoms with Gasteiger partial charge in [-0.25, -0.2) is 4.39 Å². The molecule has 19 heavy (non-hydrogen) atoms. The lowest BCUT2D eigenvalue weighted by Crippen LogP contribution is -2.46. The number of benzene rings is 1. The molecule has 0 aliphatic heterocycles. The second kappa shape index (κ2) is 6.01. The Hall–Kier alpha value is -0.940. The number of amides is 1. The predicted molar refractivity (Wildman–Crippen MR) is 74.5 cm³/mol. The molecule has 1 fully saturated rings. The number of aliphatic hydroxyl groups is 1. The molecule has 1 amide bonds. The zero-order chi connectivity index (χ0) is 14.0. The van der Waals surface area contributed by atoms with Gasteiger partial charge in [0.2, 0.25) is 0 Å². The number of halogens is 2. The van der Waals surface area contributed by atoms with Crippen LogP contribution >= 0.6 is 15.9 Å². The van der Waals surface area contributed by atoms with Gasteiger partial charge in [0.25, 0.3) is 5.91 Å². The Labute approximate surface area is 120 Å². The molecule has 2 rings (SSSR count). The summed E-state index contributed by atoms with van der Waals surface area (Å²) >= 11 is 3.16. The summed E-state index contributed by atoms with van der Waals surface area (Å²) in [5.74, 6) is -0.924. The van der Waals surface area contributed by atoms with E-state index in [4.69, 9.17) is 0 Å². The molecule has 0 aromatic heterocycles. The summed E-state index contributed by atoms with van der Waals surface area (Å²) in [5.41, 5.74) is 0.0449. The molecule has 104 valence electrons. The van der Waals surface area contributed by atoms with Crippen LogP contribution in [0.4, 0.5) is 4.39 Å². The zero-order valence-electron chi connectivity index (χ0n) is 10.8. The van der Waals surface area contributed by atoms with Crippen molar-refractivity contribution in [2.45, 2.75) is 37.8 Å². The summed E-state index contributed by atoms with van der Waals surface area (Å²) < 4.78 is 14.4. The normalized spacial score (nSPS) is 23.2. The highest BCUT2D eigenvalue weighted by Crippen LogP contribution is 2.24. The van der Waals surface area contributed by atoms with Crippen LogP contribution in [-0.4, -0.2) is 35.1 Å². The van der Waals surface area contributed by atoms with E-state index in [0.29, 0.717) is 10.9 Å². The average Bonchev–Trinajstić information content (AvgIpc) is 2.38. The fourth-order valence-electron chi connectivity index (χ4n) is 2.55. The number of rotatable bonds is 2. The van der Waals surface area contributed by atoms with E-state index in [-0.39, 0.29) is 17.5 Å². The Kier molecular flexibility index (Phi) is 4.58. The molecule has 0 saturated heterocycles. The van der Waals surface area contributed by atoms with Gasteiger partial charge in [0.1, 0.15) is 5.82 Å². The molecule has 2 unspecified atom stereocenters. The van der Waals surface area contributed by atoms with Gasteiger partial charge in [0.15, 0.2) is 0 Å². The molecule has 1 saturated carbocycles. The van der Waals surface area contributed by atoms with E-state index >= 15 is 0 Å². The first-order chi connectivity index (χ1) is 9.00. The standard InChI is InChI=1S/C14H17BrFNO2/c1-17(12-4-2-3-5-13(12)18)14(19)10-7-6-9(15)8-11(10)16/h6-8,12-13,18H,2-5H2,1H3. The quantitative estimate of drug-likeness (QED) is 0.906. The van der Waals surface area contributed by atoms with Gasteiger partial charge in [-0.2, -0.15) is 0 Å². The molecular weight excluding hydrogens is 313 g/mol. The molecule has 5 heteroatoms. The summed E-state index contributed by atoms with van der Waals surface area (Å²) in [5, 5.41) is 9.95. The fraction of sp³-hybridized carbons (Fsp3) is 0.500. The van der Waals surface area contributed by atoms with Crippen molar-refractivity contribution in [1.82, 2.24) is 4.90 Å². The molecule has 0 heterocycles. The average molecular weight is 330 g/mol. The first-order valence-corrected chi connectivity index (χ1v) is 7.20. The predicted octanol–water partition coefficient (Wildman–Crippen LogP) is 2.96. The molecule has 3 nitrogen and oxygen atoms in total. The van der Waals surface area contributed by atoms with Gasteiger partial charge in [-0.15, -0.1) is 0 Å². The molecule has 1 N–H and O–H groups in total. The summed E-state index contributed by atoms with van der Waals surface area (Å²) in [6.45, 7) is 0. The van der Waals surface area contributed by atoms with E-state index in [1.54, 1.807) is 13.1 Å². The van der Waals surface area contributed by atoms with Gasteiger partial charge in [-0.1, -0.05) is 28.8 Å². The van der Waals surface area contributed by atoms with Crippen molar-refractivity contribution >= 4 is 21.8 Å². The highest BCUT2D eigenvalue weighted by atomic mass is 79.9. The molecule has 1 aliphatic rings. The second-order valence-corrected chi connectivity index (χ2v) is 5.88. The van der Waals surface area contributed by atoms with Gasteiger partial charge >= 0.3 is 0 Å². The van der Waals surface area contributed by atoms with Crippen molar-refractivity contribution in [1.29, 1.82) is 0 Å². The Bertz CT molecular complexity index is 481. The van der Waals surface area contributed by atoms with Gasteiger partial charge in [0.05, 0.1) is 17.7 Å². The van der Waals surface area contributed by atoms with Crippen molar-refractivity contribution in [2.75, 3.05) is 7.05 Å². The highest BCUT2D eigenvalue weighted by Gasteiger charge is 2.30. The largest absolute Gasteiger partial charge is 0.391 e. The second-order valence-electron chi connectivity index (χ2n) is 4.96. The SMILES string of the molecule is CN(C(=O)c1ccc(Br)cc1F)C1CCCCC1O. The maximum absolute atomic E-state index is 13.8. The van der Waals surface area contributed by atoms with Crippen LogP contribution < -0.4 is 0 Å². The summed E-state index contributed by atoms with van der Waals surface area (Å²) in [4.78, 5) is 13.7. The number of hydrogen-bond donors (Lipinski definition) is 1. The van der Waals surface area contributed by atoms with E-state index in [1.807, 2.05) is 0 Å². The fourth-order valence-corrected chi connectivity index (χ4v) is 2.88. The molecular formula is C14H17BrFNO2. The van der Waals surface area contributed by atoms with Crippen LogP contribution in [0.15, 0.2) is 22.7 Å². The van der Waals surface area contributed by atoms with Gasteiger partial charge in [-0.05, 0) is 31.0 Å². The Morgan fingerprint density at radius 2 is 2.11 bits per heavy atom. The minimum atomic E-state index is -0.545. The number of aliphatic hydroxyl groups excluding tert-OH is 1. The minimum Gasteiger partial charge on any atom is -0.391 e. The van der Waals surface area contributed by atoms with Crippen molar-refractivity contribution in [2.24, 2.45) is 0 Å². The molecule has 0 radical (unpaired) electrons. The first-order valence-electron chi connectivity index (χ1n) is 6.41. The molecule has 0 bridgehead atoms. The lowest BCUT2D eigenvalue weighted by atomic mass is 9.91. The maximum Gasteiger partial charge on any atom is 0.256 e. The van der Waals surface area contributed by atoms with Crippen LogP contribution in [0.25, 0.3) is 0 Å². The number of nitrogens with zero attached hydrogens (tertiary/aromatic N) is 1. The third-order valence-corrected chi connectivity index (χ3v) is 4.17. The summed E-state index contributed by atoms with van der Waals surface area (Å²) in [6, 6.07) is 4.16. The van der Waals surface area contributed by atoms with Gasteiger partial charge in [0, 0.05) is 11.5 Å². The van der Waals surface area contributed by atoms with E-state index in [0.717, 1.165) is 19.3 Å². The Balaban J connectivity index is 2.18. The van der Waals surface area contributed by atoms with Crippen molar-refractivity contribution in [3.05, 3.63) is 34.1 Å². The topological polar surface area (TPSA) is 40.5 Å². The zero-order valence-corrected chi connectivity index (χ0v) is 12.4. The van der Waals surface area contributed by atoms with Crippen LogP contribution in [0, 0.1) is 5.82 Å². The van der Waals surface area contributed by atoms with E-state index in [9.17, 15) is 14.3 Å². The van der Waals surface area contributed by atoms with Crippen molar-refractivity contribution < 1.29 is 14.3 Å². The number of carbonyl (C=O) groups excluding carboxylic acids is 1. The lowest BCUT2D eigenvalue weighted by molar-refractivity contribution is 0.0265. The van der Waals surface area contributed by atoms with Crippen molar-refractivity contribution in [3.63, 3.8) is 0 Å². The minimum absolute atomic E-state index is 0.0449. The summed E-state index contributed by atoms with van der Waals surface area (Å²) in [6.07, 6.45) is 2.92. The van der Waals surface area contributed by atoms with E-state index in [1.165, 1.54) is 17.0 Å². The molecule has 0 spiro atoms. The number of carbonyl (C=O) groups is 1. The monoisotopic (exact) mass is 329 g/mol. The first kappa shape index (κ1) is 14.5. The van der Waals surface area contributed by atoms with Gasteiger partial charge < -0.3 is 10.0 Å². The number of hydrogen-bond acceptors (Lipinski definition) is 2. The Morgan fingerprint density at radius 1 is 1.42 bits per heavy atom. The Morgan fingerprint density at radius 3 is 2.74 bits per heavy atom. The van der Waals surface area contributed by atoms with Crippen LogP contribution in [0.2, 0.25) is 0 Å². The van der Waals surface area contributed by atoms with Crippen LogP contribution in [0.5, 0.6) is 0 Å². The highest BCUT2D eigenvalue weighted by molar-refractivity contribution is 9.10. The smallest absolute Gasteiger partial charge is 0.256 e. The molecule has 1 aromatic carbocycles. The number of likely N-dealkylation sites (N-methyl/N-ethyl adjacent to an activating group) is 1. The van der Waals surface area contributed by atoms with Crippen molar-refractivity contribution in [3.8, 4) is 0 Å². The third-order valence-electron chi connectivity index (χ3n) is 3.67. The molecule has 2 atom stereocenters. The lowest BCUT2D eigenvalue weighted by Gasteiger charge is -2.35. The van der Waals surface area contributed by atoms with Crippen LogP contribution in [0.3, 0.4) is 0 Å². The maximum atomic E-state index is 13.8. The van der Waals surface area contributed by atoms with E-state index in [2.05, 4.69) is 15.9 Å².